The minimum atomic E-state index is -1.05. The Morgan fingerprint density at radius 1 is 1.38 bits per heavy atom. The van der Waals surface area contributed by atoms with Crippen molar-refractivity contribution in [1.29, 1.82) is 0 Å². The fraction of sp³-hybridized carbons (Fsp3) is 0.538. The molecular formula is C13H18N4O4. The van der Waals surface area contributed by atoms with Crippen LogP contribution in [0.1, 0.15) is 39.1 Å². The molecule has 0 aliphatic carbocycles. The number of carboxylic acids is 1. The maximum atomic E-state index is 12.4. The van der Waals surface area contributed by atoms with E-state index in [1.165, 1.54) is 4.57 Å². The van der Waals surface area contributed by atoms with Gasteiger partial charge in [-0.25, -0.2) is 9.78 Å². The largest absolute Gasteiger partial charge is 0.481 e. The highest BCUT2D eigenvalue weighted by Gasteiger charge is 2.19. The number of aromatic amines is 1. The molecule has 1 unspecified atom stereocenters. The minimum absolute atomic E-state index is 0.139. The van der Waals surface area contributed by atoms with Crippen molar-refractivity contribution in [2.75, 3.05) is 0 Å². The van der Waals surface area contributed by atoms with Crippen molar-refractivity contribution in [2.45, 2.75) is 46.2 Å². The van der Waals surface area contributed by atoms with Gasteiger partial charge in [-0.1, -0.05) is 6.92 Å². The topological polar surface area (TPSA) is 110 Å². The molecule has 0 saturated carbocycles. The molecule has 0 aromatic carbocycles. The van der Waals surface area contributed by atoms with E-state index in [9.17, 15) is 14.4 Å². The number of nitrogens with one attached hydrogen (secondary N) is 1. The van der Waals surface area contributed by atoms with E-state index in [0.717, 1.165) is 4.57 Å². The molecule has 1 atom stereocenters. The highest BCUT2D eigenvalue weighted by Crippen LogP contribution is 2.14. The molecule has 21 heavy (non-hydrogen) atoms. The molecule has 0 radical (unpaired) electrons. The van der Waals surface area contributed by atoms with Crippen molar-refractivity contribution < 1.29 is 9.90 Å². The number of imidazole rings is 1. The number of nitrogens with zero attached hydrogens (tertiary/aromatic N) is 3. The molecule has 2 rings (SSSR count). The van der Waals surface area contributed by atoms with Gasteiger partial charge in [0.25, 0.3) is 5.56 Å². The Labute approximate surface area is 120 Å². The molecule has 2 aromatic rings. The number of carboxylic acid groups (broad SMARTS) is 1. The second kappa shape index (κ2) is 5.55. The number of aliphatic carboxylic acids is 1. The van der Waals surface area contributed by atoms with E-state index in [1.54, 1.807) is 6.92 Å². The molecular weight excluding hydrogens is 276 g/mol. The second-order valence-corrected chi connectivity index (χ2v) is 4.91. The zero-order chi connectivity index (χ0) is 15.7. The third-order valence-corrected chi connectivity index (χ3v) is 3.52. The molecule has 0 amide bonds. The summed E-state index contributed by atoms with van der Waals surface area (Å²) < 4.78 is 2.57. The first kappa shape index (κ1) is 15.0. The van der Waals surface area contributed by atoms with Gasteiger partial charge in [0.1, 0.15) is 17.8 Å². The first-order chi connectivity index (χ1) is 9.90. The fourth-order valence-electron chi connectivity index (χ4n) is 2.26. The zero-order valence-corrected chi connectivity index (χ0v) is 12.2. The van der Waals surface area contributed by atoms with E-state index in [-0.39, 0.29) is 36.0 Å². The van der Waals surface area contributed by atoms with E-state index in [2.05, 4.69) is 9.97 Å². The third kappa shape index (κ3) is 2.48. The van der Waals surface area contributed by atoms with Crippen LogP contribution in [0.25, 0.3) is 11.2 Å². The summed E-state index contributed by atoms with van der Waals surface area (Å²) in [7, 11) is 0. The Balaban J connectivity index is 2.85. The number of H-pyrrole nitrogens is 1. The van der Waals surface area contributed by atoms with E-state index < -0.39 is 17.2 Å². The van der Waals surface area contributed by atoms with Crippen LogP contribution in [-0.4, -0.2) is 30.2 Å². The van der Waals surface area contributed by atoms with Gasteiger partial charge in [0.05, 0.1) is 0 Å². The highest BCUT2D eigenvalue weighted by molar-refractivity contribution is 5.74. The van der Waals surface area contributed by atoms with Crippen LogP contribution in [0.4, 0.5) is 0 Å². The van der Waals surface area contributed by atoms with E-state index >= 15 is 0 Å². The Hall–Kier alpha value is -2.38. The van der Waals surface area contributed by atoms with E-state index in [4.69, 9.17) is 5.11 Å². The van der Waals surface area contributed by atoms with Gasteiger partial charge < -0.3 is 10.1 Å². The maximum absolute atomic E-state index is 12.4. The quantitative estimate of drug-likeness (QED) is 0.834. The molecule has 0 spiro atoms. The number of rotatable bonds is 5. The molecule has 2 heterocycles. The van der Waals surface area contributed by atoms with Gasteiger partial charge in [-0.05, 0) is 20.3 Å². The average Bonchev–Trinajstić information content (AvgIpc) is 2.81. The van der Waals surface area contributed by atoms with Crippen LogP contribution in [0.15, 0.2) is 9.59 Å². The lowest BCUT2D eigenvalue weighted by Gasteiger charge is -2.15. The lowest BCUT2D eigenvalue weighted by Crippen LogP contribution is -2.40. The highest BCUT2D eigenvalue weighted by atomic mass is 16.4. The van der Waals surface area contributed by atoms with Gasteiger partial charge in [-0.15, -0.1) is 0 Å². The maximum Gasteiger partial charge on any atom is 0.332 e. The van der Waals surface area contributed by atoms with Crippen LogP contribution < -0.4 is 11.2 Å². The van der Waals surface area contributed by atoms with Crippen LogP contribution in [0.2, 0.25) is 0 Å². The van der Waals surface area contributed by atoms with Crippen molar-refractivity contribution in [3.63, 3.8) is 0 Å². The first-order valence-electron chi connectivity index (χ1n) is 6.86. The zero-order valence-electron chi connectivity index (χ0n) is 12.2. The van der Waals surface area contributed by atoms with Crippen molar-refractivity contribution in [2.24, 2.45) is 0 Å². The molecule has 0 saturated heterocycles. The summed E-state index contributed by atoms with van der Waals surface area (Å²) in [4.78, 5) is 42.3. The summed E-state index contributed by atoms with van der Waals surface area (Å²) in [5.41, 5.74) is -0.493. The smallest absolute Gasteiger partial charge is 0.332 e. The molecule has 2 aromatic heterocycles. The Kier molecular flexibility index (Phi) is 3.97. The van der Waals surface area contributed by atoms with Gasteiger partial charge in [0.15, 0.2) is 5.65 Å². The van der Waals surface area contributed by atoms with Gasteiger partial charge in [-0.2, -0.15) is 0 Å². The van der Waals surface area contributed by atoms with Gasteiger partial charge in [-0.3, -0.25) is 18.7 Å². The number of carbonyl (C=O) groups is 1. The van der Waals surface area contributed by atoms with E-state index in [0.29, 0.717) is 6.42 Å². The second-order valence-electron chi connectivity index (χ2n) is 4.91. The predicted octanol–water partition coefficient (Wildman–Crippen LogP) is 0.504. The summed E-state index contributed by atoms with van der Waals surface area (Å²) in [5.74, 6) is -0.887. The Morgan fingerprint density at radius 3 is 2.57 bits per heavy atom. The van der Waals surface area contributed by atoms with Crippen LogP contribution in [0.5, 0.6) is 0 Å². The molecule has 8 nitrogen and oxygen atoms in total. The number of aromatic nitrogens is 4. The molecule has 0 aliphatic rings. The summed E-state index contributed by atoms with van der Waals surface area (Å²) >= 11 is 0. The fourth-order valence-corrected chi connectivity index (χ4v) is 2.26. The van der Waals surface area contributed by atoms with Crippen molar-refractivity contribution >= 4 is 17.1 Å². The van der Waals surface area contributed by atoms with Crippen LogP contribution >= 0.6 is 0 Å². The SMILES string of the molecule is CCC(C)n1c(=O)n(CC)c(=O)c2[nH]c(CC(=O)O)nc21. The summed E-state index contributed by atoms with van der Waals surface area (Å²) in [5, 5.41) is 8.83. The monoisotopic (exact) mass is 294 g/mol. The Bertz CT molecular complexity index is 799. The summed E-state index contributed by atoms with van der Waals surface area (Å²) in [6.45, 7) is 5.74. The van der Waals surface area contributed by atoms with Crippen molar-refractivity contribution in [1.82, 2.24) is 19.1 Å². The third-order valence-electron chi connectivity index (χ3n) is 3.52. The minimum Gasteiger partial charge on any atom is -0.481 e. The van der Waals surface area contributed by atoms with Gasteiger partial charge >= 0.3 is 11.7 Å². The van der Waals surface area contributed by atoms with Gasteiger partial charge in [0.2, 0.25) is 0 Å². The van der Waals surface area contributed by atoms with Crippen molar-refractivity contribution in [3.05, 3.63) is 26.7 Å². The summed E-state index contributed by atoms with van der Waals surface area (Å²) in [6, 6.07) is -0.139. The van der Waals surface area contributed by atoms with Gasteiger partial charge in [0, 0.05) is 12.6 Å². The van der Waals surface area contributed by atoms with E-state index in [1.807, 2.05) is 13.8 Å². The lowest BCUT2D eigenvalue weighted by molar-refractivity contribution is -0.136. The molecule has 8 heteroatoms. The average molecular weight is 294 g/mol. The van der Waals surface area contributed by atoms with Crippen LogP contribution in [-0.2, 0) is 17.8 Å². The number of hydrogen-bond donors (Lipinski definition) is 2. The molecule has 114 valence electrons. The predicted molar refractivity (Wildman–Crippen MR) is 76.6 cm³/mol. The summed E-state index contributed by atoms with van der Waals surface area (Å²) in [6.07, 6.45) is 0.368. The first-order valence-corrected chi connectivity index (χ1v) is 6.86. The Morgan fingerprint density at radius 2 is 2.05 bits per heavy atom. The molecule has 0 fully saturated rings. The molecule has 0 aliphatic heterocycles. The lowest BCUT2D eigenvalue weighted by atomic mass is 10.2. The normalized spacial score (nSPS) is 12.7. The number of fused-ring (bicyclic) bond motifs is 1. The molecule has 0 bridgehead atoms. The standard InChI is InChI=1S/C13H18N4O4/c1-4-7(3)17-11-10(12(20)16(5-2)13(17)21)14-8(15-11)6-9(18)19/h7H,4-6H2,1-3H3,(H,14,15)(H,18,19). The molecule has 2 N–H and O–H groups in total. The number of hydrogen-bond acceptors (Lipinski definition) is 4. The van der Waals surface area contributed by atoms with Crippen molar-refractivity contribution in [3.8, 4) is 0 Å². The van der Waals surface area contributed by atoms with Crippen LogP contribution in [0, 0.1) is 0 Å². The van der Waals surface area contributed by atoms with Crippen LogP contribution in [0.3, 0.4) is 0 Å².